The maximum atomic E-state index is 11.1. The molecule has 0 bridgehead atoms. The lowest BCUT2D eigenvalue weighted by molar-refractivity contribution is 0.146. The minimum atomic E-state index is -3.75. The Morgan fingerprint density at radius 2 is 1.73 bits per heavy atom. The molecule has 0 aromatic carbocycles. The van der Waals surface area contributed by atoms with E-state index in [1.807, 2.05) is 31.1 Å². The SMILES string of the molecule is C=CN1C=CN(CC)C1.CCCCOP(=O)(O)OCCCC. The third kappa shape index (κ3) is 10.9. The number of hydrogen-bond acceptors (Lipinski definition) is 5. The van der Waals surface area contributed by atoms with Crippen molar-refractivity contribution < 1.29 is 18.5 Å². The van der Waals surface area contributed by atoms with Crippen LogP contribution < -0.4 is 0 Å². The van der Waals surface area contributed by atoms with E-state index in [9.17, 15) is 4.57 Å². The molecule has 0 unspecified atom stereocenters. The van der Waals surface area contributed by atoms with Gasteiger partial charge in [0.15, 0.2) is 0 Å². The summed E-state index contributed by atoms with van der Waals surface area (Å²) in [6.07, 6.45) is 9.36. The van der Waals surface area contributed by atoms with Crippen LogP contribution in [0.1, 0.15) is 46.5 Å². The highest BCUT2D eigenvalue weighted by atomic mass is 31.2. The highest BCUT2D eigenvalue weighted by molar-refractivity contribution is 7.47. The van der Waals surface area contributed by atoms with Gasteiger partial charge < -0.3 is 14.7 Å². The number of phosphoric ester groups is 1. The van der Waals surface area contributed by atoms with Crippen LogP contribution in [0.5, 0.6) is 0 Å². The first kappa shape index (κ1) is 21.2. The van der Waals surface area contributed by atoms with Gasteiger partial charge in [-0.05, 0) is 26.0 Å². The standard InChI is InChI=1S/C8H19O4P.C7H12N2/c1-3-5-7-11-13(9,10)12-8-6-4-2;1-3-8-5-6-9(4-2)7-8/h3-8H2,1-2H3,(H,9,10);3,5-6H,1,4,7H2,2H3. The van der Waals surface area contributed by atoms with E-state index in [4.69, 9.17) is 13.9 Å². The molecule has 22 heavy (non-hydrogen) atoms. The Bertz CT molecular complexity index is 349. The summed E-state index contributed by atoms with van der Waals surface area (Å²) in [6, 6.07) is 0. The molecule has 0 spiro atoms. The lowest BCUT2D eigenvalue weighted by Gasteiger charge is -2.15. The Morgan fingerprint density at radius 1 is 1.18 bits per heavy atom. The van der Waals surface area contributed by atoms with E-state index in [1.165, 1.54) is 0 Å². The molecular formula is C15H31N2O4P. The van der Waals surface area contributed by atoms with E-state index in [1.54, 1.807) is 0 Å². The molecule has 1 N–H and O–H groups in total. The van der Waals surface area contributed by atoms with E-state index in [0.29, 0.717) is 0 Å². The van der Waals surface area contributed by atoms with Gasteiger partial charge in [0.05, 0.1) is 19.9 Å². The van der Waals surface area contributed by atoms with E-state index in [-0.39, 0.29) is 13.2 Å². The van der Waals surface area contributed by atoms with Gasteiger partial charge in [-0.1, -0.05) is 33.3 Å². The van der Waals surface area contributed by atoms with Gasteiger partial charge in [-0.15, -0.1) is 0 Å². The van der Waals surface area contributed by atoms with Crippen LogP contribution in [0.25, 0.3) is 0 Å². The molecule has 6 nitrogen and oxygen atoms in total. The third-order valence-electron chi connectivity index (χ3n) is 2.96. The first-order valence-corrected chi connectivity index (χ1v) is 9.41. The first-order chi connectivity index (χ1) is 10.5. The van der Waals surface area contributed by atoms with Gasteiger partial charge in [0.1, 0.15) is 0 Å². The lowest BCUT2D eigenvalue weighted by Crippen LogP contribution is -2.20. The molecule has 7 heteroatoms. The predicted octanol–water partition coefficient (Wildman–Crippen LogP) is 3.92. The summed E-state index contributed by atoms with van der Waals surface area (Å²) in [6.45, 7) is 12.4. The van der Waals surface area contributed by atoms with Crippen molar-refractivity contribution in [1.82, 2.24) is 9.80 Å². The zero-order chi connectivity index (χ0) is 16.8. The second-order valence-corrected chi connectivity index (χ2v) is 6.34. The molecule has 0 fully saturated rings. The summed E-state index contributed by atoms with van der Waals surface area (Å²) in [7, 11) is -3.75. The fourth-order valence-electron chi connectivity index (χ4n) is 1.49. The van der Waals surface area contributed by atoms with Crippen LogP contribution in [-0.4, -0.2) is 41.1 Å². The molecule has 0 aromatic rings. The van der Waals surface area contributed by atoms with Gasteiger partial charge in [0, 0.05) is 18.9 Å². The van der Waals surface area contributed by atoms with Crippen LogP contribution >= 0.6 is 7.82 Å². The van der Waals surface area contributed by atoms with Crippen LogP contribution in [0.15, 0.2) is 25.2 Å². The van der Waals surface area contributed by atoms with E-state index in [0.717, 1.165) is 38.9 Å². The van der Waals surface area contributed by atoms with E-state index in [2.05, 4.69) is 24.6 Å². The number of nitrogens with zero attached hydrogens (tertiary/aromatic N) is 2. The third-order valence-corrected chi connectivity index (χ3v) is 3.98. The van der Waals surface area contributed by atoms with Crippen molar-refractivity contribution in [1.29, 1.82) is 0 Å². The van der Waals surface area contributed by atoms with Crippen LogP contribution in [-0.2, 0) is 13.6 Å². The summed E-state index contributed by atoms with van der Waals surface area (Å²) in [5.74, 6) is 0. The molecule has 0 saturated heterocycles. The van der Waals surface area contributed by atoms with Crippen molar-refractivity contribution in [3.63, 3.8) is 0 Å². The number of phosphoric acid groups is 1. The molecule has 0 aliphatic carbocycles. The Balaban J connectivity index is 0.000000425. The lowest BCUT2D eigenvalue weighted by atomic mass is 10.4. The van der Waals surface area contributed by atoms with Crippen LogP contribution in [0, 0.1) is 0 Å². The summed E-state index contributed by atoms with van der Waals surface area (Å²) >= 11 is 0. The van der Waals surface area contributed by atoms with Gasteiger partial charge in [0.25, 0.3) is 0 Å². The number of rotatable bonds is 10. The van der Waals surface area contributed by atoms with Gasteiger partial charge in [-0.3, -0.25) is 9.05 Å². The number of unbranched alkanes of at least 4 members (excludes halogenated alkanes) is 2. The average Bonchev–Trinajstić information content (AvgIpc) is 2.96. The molecule has 0 atom stereocenters. The summed E-state index contributed by atoms with van der Waals surface area (Å²) in [5, 5.41) is 0. The zero-order valence-corrected chi connectivity index (χ0v) is 15.0. The zero-order valence-electron chi connectivity index (χ0n) is 14.1. The van der Waals surface area contributed by atoms with Crippen molar-refractivity contribution >= 4 is 7.82 Å². The Labute approximate surface area is 135 Å². The highest BCUT2D eigenvalue weighted by Gasteiger charge is 2.19. The molecule has 1 rings (SSSR count). The van der Waals surface area contributed by atoms with Crippen molar-refractivity contribution in [2.75, 3.05) is 26.4 Å². The van der Waals surface area contributed by atoms with Gasteiger partial charge in [-0.25, -0.2) is 4.57 Å². The Morgan fingerprint density at radius 3 is 2.05 bits per heavy atom. The topological polar surface area (TPSA) is 62.2 Å². The van der Waals surface area contributed by atoms with Crippen molar-refractivity contribution in [2.45, 2.75) is 46.5 Å². The van der Waals surface area contributed by atoms with Crippen molar-refractivity contribution in [3.05, 3.63) is 25.2 Å². The minimum absolute atomic E-state index is 0.288. The molecule has 1 heterocycles. The second kappa shape index (κ2) is 12.7. The summed E-state index contributed by atoms with van der Waals surface area (Å²) in [5.41, 5.74) is 0. The molecular weight excluding hydrogens is 303 g/mol. The van der Waals surface area contributed by atoms with Crippen LogP contribution in [0.3, 0.4) is 0 Å². The Hall–Kier alpha value is -0.810. The van der Waals surface area contributed by atoms with E-state index < -0.39 is 7.82 Å². The summed E-state index contributed by atoms with van der Waals surface area (Å²) < 4.78 is 20.5. The van der Waals surface area contributed by atoms with Crippen LogP contribution in [0.2, 0.25) is 0 Å². The molecule has 0 radical (unpaired) electrons. The molecule has 1 aliphatic heterocycles. The first-order valence-electron chi connectivity index (χ1n) is 7.91. The Kier molecular flexibility index (Phi) is 12.2. The fourth-order valence-corrected chi connectivity index (χ4v) is 2.29. The summed E-state index contributed by atoms with van der Waals surface area (Å²) in [4.78, 5) is 13.3. The largest absolute Gasteiger partial charge is 0.472 e. The monoisotopic (exact) mass is 334 g/mol. The quantitative estimate of drug-likeness (QED) is 0.483. The molecule has 0 amide bonds. The molecule has 0 aromatic heterocycles. The maximum Gasteiger partial charge on any atom is 0.472 e. The van der Waals surface area contributed by atoms with Gasteiger partial charge in [-0.2, -0.15) is 0 Å². The van der Waals surface area contributed by atoms with E-state index >= 15 is 0 Å². The van der Waals surface area contributed by atoms with Crippen molar-refractivity contribution in [2.24, 2.45) is 0 Å². The molecule has 0 saturated carbocycles. The average molecular weight is 334 g/mol. The predicted molar refractivity (Wildman–Crippen MR) is 90.0 cm³/mol. The molecule has 1 aliphatic rings. The van der Waals surface area contributed by atoms with Gasteiger partial charge >= 0.3 is 7.82 Å². The number of hydrogen-bond donors (Lipinski definition) is 1. The minimum Gasteiger partial charge on any atom is -0.359 e. The normalized spacial score (nSPS) is 14.0. The van der Waals surface area contributed by atoms with Crippen LogP contribution in [0.4, 0.5) is 0 Å². The highest BCUT2D eigenvalue weighted by Crippen LogP contribution is 2.43. The molecule has 130 valence electrons. The smallest absolute Gasteiger partial charge is 0.359 e. The van der Waals surface area contributed by atoms with Crippen molar-refractivity contribution in [3.8, 4) is 0 Å². The van der Waals surface area contributed by atoms with Gasteiger partial charge in [0.2, 0.25) is 0 Å². The maximum absolute atomic E-state index is 11.1. The fraction of sp³-hybridized carbons (Fsp3) is 0.733. The second-order valence-electron chi connectivity index (χ2n) is 4.88.